The fraction of sp³-hybridized carbons (Fsp3) is 0.130. The molecular formula is C23H22N2O5S. The largest absolute Gasteiger partial charge is 0.465 e. The Kier molecular flexibility index (Phi) is 6.71. The first-order chi connectivity index (χ1) is 14.8. The molecule has 0 fully saturated rings. The number of benzene rings is 3. The summed E-state index contributed by atoms with van der Waals surface area (Å²) >= 11 is 0. The Morgan fingerprint density at radius 2 is 1.52 bits per heavy atom. The van der Waals surface area contributed by atoms with Gasteiger partial charge in [-0.15, -0.1) is 0 Å². The van der Waals surface area contributed by atoms with Crippen LogP contribution in [0.25, 0.3) is 0 Å². The molecule has 0 spiro atoms. The maximum atomic E-state index is 13.0. The number of hydrogen-bond donors (Lipinski definition) is 1. The third-order valence-corrected chi connectivity index (χ3v) is 5.68. The van der Waals surface area contributed by atoms with Gasteiger partial charge in [-0.3, -0.25) is 9.10 Å². The average Bonchev–Trinajstić information content (AvgIpc) is 2.77. The standard InChI is InChI=1S/C23H22N2O5S/c1-30-23(27)18-12-14-19(15-13-18)24-22(26)20-10-6-7-11-21(20)25(31(2,28)29)16-17-8-4-3-5-9-17/h3-15H,16H2,1-2H3,(H,24,26). The highest BCUT2D eigenvalue weighted by Gasteiger charge is 2.23. The number of hydrogen-bond acceptors (Lipinski definition) is 5. The normalized spacial score (nSPS) is 10.9. The molecule has 8 heteroatoms. The van der Waals surface area contributed by atoms with Crippen molar-refractivity contribution in [3.05, 3.63) is 95.6 Å². The van der Waals surface area contributed by atoms with Crippen molar-refractivity contribution in [1.82, 2.24) is 0 Å². The molecule has 0 bridgehead atoms. The van der Waals surface area contributed by atoms with E-state index in [-0.39, 0.29) is 17.8 Å². The summed E-state index contributed by atoms with van der Waals surface area (Å²) in [6.45, 7) is 0.0950. The first-order valence-electron chi connectivity index (χ1n) is 9.40. The number of sulfonamides is 1. The van der Waals surface area contributed by atoms with Gasteiger partial charge in [0.2, 0.25) is 10.0 Å². The van der Waals surface area contributed by atoms with E-state index in [4.69, 9.17) is 0 Å². The second kappa shape index (κ2) is 9.44. The molecule has 0 radical (unpaired) electrons. The predicted molar refractivity (Wildman–Crippen MR) is 120 cm³/mol. The summed E-state index contributed by atoms with van der Waals surface area (Å²) in [5.74, 6) is -0.948. The van der Waals surface area contributed by atoms with Crippen molar-refractivity contribution in [2.24, 2.45) is 0 Å². The quantitative estimate of drug-likeness (QED) is 0.568. The van der Waals surface area contributed by atoms with Crippen LogP contribution >= 0.6 is 0 Å². The number of carbonyl (C=O) groups excluding carboxylic acids is 2. The van der Waals surface area contributed by atoms with E-state index in [0.29, 0.717) is 11.3 Å². The van der Waals surface area contributed by atoms with Crippen LogP contribution in [0, 0.1) is 0 Å². The summed E-state index contributed by atoms with van der Waals surface area (Å²) in [4.78, 5) is 24.5. The number of amides is 1. The lowest BCUT2D eigenvalue weighted by molar-refractivity contribution is 0.0600. The number of rotatable bonds is 7. The topological polar surface area (TPSA) is 92.8 Å². The van der Waals surface area contributed by atoms with Crippen molar-refractivity contribution >= 4 is 33.3 Å². The molecule has 0 atom stereocenters. The molecule has 0 aliphatic carbocycles. The number of para-hydroxylation sites is 1. The molecule has 0 unspecified atom stereocenters. The van der Waals surface area contributed by atoms with E-state index < -0.39 is 21.9 Å². The number of nitrogens with zero attached hydrogens (tertiary/aromatic N) is 1. The lowest BCUT2D eigenvalue weighted by atomic mass is 10.1. The Bertz CT molecular complexity index is 1180. The van der Waals surface area contributed by atoms with Crippen LogP contribution in [0.3, 0.4) is 0 Å². The smallest absolute Gasteiger partial charge is 0.337 e. The van der Waals surface area contributed by atoms with E-state index >= 15 is 0 Å². The zero-order chi connectivity index (χ0) is 22.4. The number of ether oxygens (including phenoxy) is 1. The van der Waals surface area contributed by atoms with Crippen molar-refractivity contribution in [3.8, 4) is 0 Å². The maximum absolute atomic E-state index is 13.0. The van der Waals surface area contributed by atoms with Crippen LogP contribution in [0.1, 0.15) is 26.3 Å². The molecule has 3 rings (SSSR count). The van der Waals surface area contributed by atoms with E-state index in [1.165, 1.54) is 23.5 Å². The minimum Gasteiger partial charge on any atom is -0.465 e. The zero-order valence-corrected chi connectivity index (χ0v) is 17.9. The fourth-order valence-electron chi connectivity index (χ4n) is 3.02. The molecule has 160 valence electrons. The number of nitrogens with one attached hydrogen (secondary N) is 1. The predicted octanol–water partition coefficient (Wildman–Crippen LogP) is 3.69. The van der Waals surface area contributed by atoms with Gasteiger partial charge in [0, 0.05) is 5.69 Å². The van der Waals surface area contributed by atoms with Crippen LogP contribution in [-0.4, -0.2) is 33.7 Å². The molecule has 0 heterocycles. The summed E-state index contributed by atoms with van der Waals surface area (Å²) in [5, 5.41) is 2.74. The van der Waals surface area contributed by atoms with Gasteiger partial charge in [0.15, 0.2) is 0 Å². The molecule has 7 nitrogen and oxygen atoms in total. The summed E-state index contributed by atoms with van der Waals surface area (Å²) in [6.07, 6.45) is 1.11. The lowest BCUT2D eigenvalue weighted by Crippen LogP contribution is -2.31. The minimum absolute atomic E-state index is 0.0950. The van der Waals surface area contributed by atoms with Crippen molar-refractivity contribution in [2.75, 3.05) is 23.0 Å². The highest BCUT2D eigenvalue weighted by molar-refractivity contribution is 7.92. The number of esters is 1. The number of methoxy groups -OCH3 is 1. The Morgan fingerprint density at radius 1 is 0.903 bits per heavy atom. The number of carbonyl (C=O) groups is 2. The van der Waals surface area contributed by atoms with Gasteiger partial charge in [-0.2, -0.15) is 0 Å². The molecule has 0 aromatic heterocycles. The van der Waals surface area contributed by atoms with Crippen LogP contribution in [0.4, 0.5) is 11.4 Å². The second-order valence-electron chi connectivity index (χ2n) is 6.80. The molecule has 0 saturated carbocycles. The van der Waals surface area contributed by atoms with Crippen LogP contribution in [0.2, 0.25) is 0 Å². The van der Waals surface area contributed by atoms with Gasteiger partial charge < -0.3 is 10.1 Å². The van der Waals surface area contributed by atoms with Crippen LogP contribution < -0.4 is 9.62 Å². The Morgan fingerprint density at radius 3 is 2.13 bits per heavy atom. The lowest BCUT2D eigenvalue weighted by Gasteiger charge is -2.24. The molecule has 1 N–H and O–H groups in total. The molecular weight excluding hydrogens is 416 g/mol. The van der Waals surface area contributed by atoms with E-state index in [9.17, 15) is 18.0 Å². The Hall–Kier alpha value is -3.65. The fourth-order valence-corrected chi connectivity index (χ4v) is 3.92. The molecule has 3 aromatic carbocycles. The van der Waals surface area contributed by atoms with E-state index in [0.717, 1.165) is 11.8 Å². The van der Waals surface area contributed by atoms with Crippen molar-refractivity contribution in [2.45, 2.75) is 6.54 Å². The van der Waals surface area contributed by atoms with Gasteiger partial charge in [-0.05, 0) is 42.0 Å². The maximum Gasteiger partial charge on any atom is 0.337 e. The third kappa shape index (κ3) is 5.49. The Balaban J connectivity index is 1.90. The van der Waals surface area contributed by atoms with Crippen molar-refractivity contribution in [3.63, 3.8) is 0 Å². The molecule has 31 heavy (non-hydrogen) atoms. The summed E-state index contributed by atoms with van der Waals surface area (Å²) < 4.78 is 31.0. The van der Waals surface area contributed by atoms with Crippen LogP contribution in [0.15, 0.2) is 78.9 Å². The minimum atomic E-state index is -3.66. The van der Waals surface area contributed by atoms with E-state index in [1.807, 2.05) is 30.3 Å². The SMILES string of the molecule is COC(=O)c1ccc(NC(=O)c2ccccc2N(Cc2ccccc2)S(C)(=O)=O)cc1. The van der Waals surface area contributed by atoms with Gasteiger partial charge in [-0.25, -0.2) is 13.2 Å². The molecule has 0 aliphatic rings. The van der Waals surface area contributed by atoms with Crippen molar-refractivity contribution < 1.29 is 22.7 Å². The summed E-state index contributed by atoms with van der Waals surface area (Å²) in [5.41, 5.74) is 2.09. The van der Waals surface area contributed by atoms with E-state index in [2.05, 4.69) is 10.1 Å². The Labute approximate surface area is 181 Å². The summed E-state index contributed by atoms with van der Waals surface area (Å²) in [7, 11) is -2.37. The third-order valence-electron chi connectivity index (χ3n) is 4.55. The highest BCUT2D eigenvalue weighted by Crippen LogP contribution is 2.26. The second-order valence-corrected chi connectivity index (χ2v) is 8.70. The molecule has 1 amide bonds. The highest BCUT2D eigenvalue weighted by atomic mass is 32.2. The molecule has 3 aromatic rings. The van der Waals surface area contributed by atoms with Gasteiger partial charge in [-0.1, -0.05) is 42.5 Å². The van der Waals surface area contributed by atoms with Crippen molar-refractivity contribution in [1.29, 1.82) is 0 Å². The zero-order valence-electron chi connectivity index (χ0n) is 17.1. The van der Waals surface area contributed by atoms with Gasteiger partial charge >= 0.3 is 5.97 Å². The molecule has 0 saturated heterocycles. The first kappa shape index (κ1) is 22.0. The van der Waals surface area contributed by atoms with Gasteiger partial charge in [0.05, 0.1) is 36.7 Å². The molecule has 0 aliphatic heterocycles. The van der Waals surface area contributed by atoms with Gasteiger partial charge in [0.1, 0.15) is 0 Å². The number of anilines is 2. The average molecular weight is 439 g/mol. The van der Waals surface area contributed by atoms with Crippen LogP contribution in [0.5, 0.6) is 0 Å². The summed E-state index contributed by atoms with van der Waals surface area (Å²) in [6, 6.07) is 21.9. The van der Waals surface area contributed by atoms with E-state index in [1.54, 1.807) is 36.4 Å². The van der Waals surface area contributed by atoms with Crippen LogP contribution in [-0.2, 0) is 21.3 Å². The monoisotopic (exact) mass is 438 g/mol. The first-order valence-corrected chi connectivity index (χ1v) is 11.2. The van der Waals surface area contributed by atoms with Gasteiger partial charge in [0.25, 0.3) is 5.91 Å².